The summed E-state index contributed by atoms with van der Waals surface area (Å²) in [6, 6.07) is 2.35. The summed E-state index contributed by atoms with van der Waals surface area (Å²) >= 11 is 5.30. The maximum atomic E-state index is 12.2. The Morgan fingerprint density at radius 3 is 2.69 bits per heavy atom. The second kappa shape index (κ2) is 3.54. The van der Waals surface area contributed by atoms with Crippen LogP contribution >= 0.6 is 11.6 Å². The minimum Gasteiger partial charge on any atom is -0.504 e. The largest absolute Gasteiger partial charge is 0.504 e. The Bertz CT molecular complexity index is 375. The second-order valence-electron chi connectivity index (χ2n) is 2.15. The van der Waals surface area contributed by atoms with E-state index in [4.69, 9.17) is 22.0 Å². The first-order valence-corrected chi connectivity index (χ1v) is 3.51. The van der Waals surface area contributed by atoms with Gasteiger partial charge < -0.3 is 5.11 Å². The summed E-state index contributed by atoms with van der Waals surface area (Å²) in [4.78, 5) is 3.36. The van der Waals surface area contributed by atoms with E-state index >= 15 is 0 Å². The smallest absolute Gasteiger partial charge is 0.267 e. The molecule has 1 aromatic rings. The average molecular weight is 205 g/mol. The third kappa shape index (κ3) is 1.84. The molecule has 0 aliphatic heterocycles. The van der Waals surface area contributed by atoms with Crippen LogP contribution in [0.15, 0.2) is 6.07 Å². The molecule has 0 saturated heterocycles. The lowest BCUT2D eigenvalue weighted by Gasteiger charge is -2.03. The predicted octanol–water partition coefficient (Wildman–Crippen LogP) is 2.25. The topological polar surface area (TPSA) is 56.9 Å². The van der Waals surface area contributed by atoms with Crippen molar-refractivity contribution in [3.8, 4) is 11.8 Å². The number of halogens is 3. The van der Waals surface area contributed by atoms with Crippen LogP contribution in [-0.2, 0) is 0 Å². The standard InChI is InChI=1S/C7H3ClF2N2O/c8-6-5(13)4(7(9)10)1-3(2-11)12-6/h1,7,13H. The van der Waals surface area contributed by atoms with Crippen molar-refractivity contribution < 1.29 is 13.9 Å². The van der Waals surface area contributed by atoms with Gasteiger partial charge in [-0.05, 0) is 6.07 Å². The molecule has 0 radical (unpaired) electrons. The number of nitriles is 1. The van der Waals surface area contributed by atoms with Crippen molar-refractivity contribution in [2.24, 2.45) is 0 Å². The molecule has 1 aromatic heterocycles. The molecule has 0 atom stereocenters. The van der Waals surface area contributed by atoms with Crippen molar-refractivity contribution in [3.63, 3.8) is 0 Å². The van der Waals surface area contributed by atoms with E-state index in [9.17, 15) is 8.78 Å². The molecule has 0 aliphatic carbocycles. The molecular formula is C7H3ClF2N2O. The van der Waals surface area contributed by atoms with Crippen LogP contribution in [0.25, 0.3) is 0 Å². The lowest BCUT2D eigenvalue weighted by molar-refractivity contribution is 0.147. The second-order valence-corrected chi connectivity index (χ2v) is 2.51. The molecular weight excluding hydrogens is 202 g/mol. The van der Waals surface area contributed by atoms with Crippen molar-refractivity contribution in [1.82, 2.24) is 4.98 Å². The van der Waals surface area contributed by atoms with Gasteiger partial charge in [0.15, 0.2) is 10.9 Å². The normalized spacial score (nSPS) is 10.1. The van der Waals surface area contributed by atoms with E-state index in [0.29, 0.717) is 0 Å². The number of pyridine rings is 1. The first-order chi connectivity index (χ1) is 6.06. The van der Waals surface area contributed by atoms with Crippen molar-refractivity contribution in [2.45, 2.75) is 6.43 Å². The molecule has 1 rings (SSSR count). The fourth-order valence-electron chi connectivity index (χ4n) is 0.749. The first kappa shape index (κ1) is 9.68. The highest BCUT2D eigenvalue weighted by molar-refractivity contribution is 6.30. The predicted molar refractivity (Wildman–Crippen MR) is 40.6 cm³/mol. The number of alkyl halides is 2. The third-order valence-electron chi connectivity index (χ3n) is 1.33. The maximum absolute atomic E-state index is 12.2. The molecule has 0 bridgehead atoms. The van der Waals surface area contributed by atoms with Gasteiger partial charge in [-0.15, -0.1) is 0 Å². The molecule has 13 heavy (non-hydrogen) atoms. The van der Waals surface area contributed by atoms with Gasteiger partial charge in [0.2, 0.25) is 0 Å². The van der Waals surface area contributed by atoms with Gasteiger partial charge in [0.1, 0.15) is 11.8 Å². The summed E-state index contributed by atoms with van der Waals surface area (Å²) in [7, 11) is 0. The number of hydrogen-bond acceptors (Lipinski definition) is 3. The highest BCUT2D eigenvalue weighted by Crippen LogP contribution is 2.33. The molecule has 3 nitrogen and oxygen atoms in total. The van der Waals surface area contributed by atoms with Gasteiger partial charge in [0, 0.05) is 0 Å². The van der Waals surface area contributed by atoms with Gasteiger partial charge in [-0.25, -0.2) is 13.8 Å². The summed E-state index contributed by atoms with van der Waals surface area (Å²) in [6.45, 7) is 0. The maximum Gasteiger partial charge on any atom is 0.267 e. The van der Waals surface area contributed by atoms with E-state index in [2.05, 4.69) is 4.98 Å². The molecule has 1 heterocycles. The van der Waals surface area contributed by atoms with Crippen LogP contribution in [-0.4, -0.2) is 10.1 Å². The molecule has 0 aromatic carbocycles. The summed E-state index contributed by atoms with van der Waals surface area (Å²) in [6.07, 6.45) is -2.88. The fourth-order valence-corrected chi connectivity index (χ4v) is 0.950. The van der Waals surface area contributed by atoms with Crippen molar-refractivity contribution in [2.75, 3.05) is 0 Å². The fraction of sp³-hybridized carbons (Fsp3) is 0.143. The van der Waals surface area contributed by atoms with Crippen LogP contribution in [0.5, 0.6) is 5.75 Å². The van der Waals surface area contributed by atoms with Crippen molar-refractivity contribution >= 4 is 11.6 Å². The van der Waals surface area contributed by atoms with Crippen LogP contribution in [0.4, 0.5) is 8.78 Å². The lowest BCUT2D eigenvalue weighted by Crippen LogP contribution is -1.92. The van der Waals surface area contributed by atoms with E-state index in [1.807, 2.05) is 0 Å². The Kier molecular flexibility index (Phi) is 2.63. The molecule has 0 fully saturated rings. The number of aromatic hydroxyl groups is 1. The van der Waals surface area contributed by atoms with Gasteiger partial charge in [-0.2, -0.15) is 5.26 Å². The first-order valence-electron chi connectivity index (χ1n) is 3.14. The van der Waals surface area contributed by atoms with E-state index < -0.39 is 22.9 Å². The Hall–Kier alpha value is -1.41. The molecule has 1 N–H and O–H groups in total. The minimum absolute atomic E-state index is 0.252. The number of rotatable bonds is 1. The Morgan fingerprint density at radius 1 is 1.62 bits per heavy atom. The van der Waals surface area contributed by atoms with E-state index in [1.54, 1.807) is 6.07 Å². The summed E-state index contributed by atoms with van der Waals surface area (Å²) in [5, 5.41) is 16.9. The number of nitrogens with zero attached hydrogens (tertiary/aromatic N) is 2. The molecule has 68 valence electrons. The van der Waals surface area contributed by atoms with Gasteiger partial charge in [0.05, 0.1) is 5.56 Å². The van der Waals surface area contributed by atoms with Crippen LogP contribution in [0.1, 0.15) is 17.7 Å². The zero-order valence-electron chi connectivity index (χ0n) is 6.13. The highest BCUT2D eigenvalue weighted by atomic mass is 35.5. The van der Waals surface area contributed by atoms with Gasteiger partial charge in [0.25, 0.3) is 6.43 Å². The van der Waals surface area contributed by atoms with Crippen molar-refractivity contribution in [1.29, 1.82) is 5.26 Å². The highest BCUT2D eigenvalue weighted by Gasteiger charge is 2.17. The number of hydrogen-bond donors (Lipinski definition) is 1. The van der Waals surface area contributed by atoms with Crippen molar-refractivity contribution in [3.05, 3.63) is 22.5 Å². The van der Waals surface area contributed by atoms with Crippen LogP contribution in [0, 0.1) is 11.3 Å². The zero-order valence-corrected chi connectivity index (χ0v) is 6.89. The van der Waals surface area contributed by atoms with Gasteiger partial charge >= 0.3 is 0 Å². The Labute approximate surface area is 77.2 Å². The van der Waals surface area contributed by atoms with Crippen LogP contribution < -0.4 is 0 Å². The summed E-state index contributed by atoms with van der Waals surface area (Å²) in [5.41, 5.74) is -0.936. The zero-order chi connectivity index (χ0) is 10.0. The molecule has 6 heteroatoms. The molecule has 0 saturated carbocycles. The minimum atomic E-state index is -2.88. The monoisotopic (exact) mass is 204 g/mol. The van der Waals surface area contributed by atoms with Crippen LogP contribution in [0.3, 0.4) is 0 Å². The molecule has 0 aliphatic rings. The average Bonchev–Trinajstić information content (AvgIpc) is 2.09. The molecule has 0 spiro atoms. The van der Waals surface area contributed by atoms with Gasteiger partial charge in [-0.1, -0.05) is 11.6 Å². The summed E-state index contributed by atoms with van der Waals surface area (Å²) < 4.78 is 24.3. The Balaban J connectivity index is 3.35. The number of aromatic nitrogens is 1. The van der Waals surface area contributed by atoms with E-state index in [1.165, 1.54) is 0 Å². The van der Waals surface area contributed by atoms with E-state index in [0.717, 1.165) is 6.07 Å². The Morgan fingerprint density at radius 2 is 2.23 bits per heavy atom. The lowest BCUT2D eigenvalue weighted by atomic mass is 10.2. The SMILES string of the molecule is N#Cc1cc(C(F)F)c(O)c(Cl)n1. The third-order valence-corrected chi connectivity index (χ3v) is 1.59. The van der Waals surface area contributed by atoms with Gasteiger partial charge in [-0.3, -0.25) is 0 Å². The van der Waals surface area contributed by atoms with Crippen LogP contribution in [0.2, 0.25) is 5.15 Å². The molecule has 0 unspecified atom stereocenters. The quantitative estimate of drug-likeness (QED) is 0.714. The molecule has 0 amide bonds. The summed E-state index contributed by atoms with van der Waals surface area (Å²) in [5.74, 6) is -0.782. The van der Waals surface area contributed by atoms with E-state index in [-0.39, 0.29) is 5.69 Å².